The monoisotopic (exact) mass is 427 g/mol. The Balaban J connectivity index is 0.00000784. The molecule has 0 fully saturated rings. The highest BCUT2D eigenvalue weighted by molar-refractivity contribution is 5.98. The summed E-state index contributed by atoms with van der Waals surface area (Å²) in [5.74, 6) is -1.34. The first kappa shape index (κ1) is 27.1. The topological polar surface area (TPSA) is 81.7 Å². The van der Waals surface area contributed by atoms with Gasteiger partial charge < -0.3 is 14.8 Å². The maximum atomic E-state index is 12.5. The third kappa shape index (κ3) is 8.96. The number of halogens is 1. The van der Waals surface area contributed by atoms with E-state index < -0.39 is 11.9 Å². The van der Waals surface area contributed by atoms with Crippen molar-refractivity contribution in [3.05, 3.63) is 23.8 Å². The van der Waals surface area contributed by atoms with Gasteiger partial charge in [0, 0.05) is 11.1 Å². The van der Waals surface area contributed by atoms with Gasteiger partial charge in [-0.2, -0.15) is 0 Å². The Morgan fingerprint density at radius 3 is 1.86 bits per heavy atom. The van der Waals surface area contributed by atoms with E-state index >= 15 is 0 Å². The quantitative estimate of drug-likeness (QED) is 0.353. The second-order valence-corrected chi connectivity index (χ2v) is 8.15. The number of nitrogens with one attached hydrogen (secondary N) is 1. The Morgan fingerprint density at radius 2 is 1.41 bits per heavy atom. The van der Waals surface area contributed by atoms with Crippen LogP contribution >= 0.6 is 12.4 Å². The average molecular weight is 428 g/mol. The van der Waals surface area contributed by atoms with E-state index in [-0.39, 0.29) is 53.6 Å². The Morgan fingerprint density at radius 1 is 0.931 bits per heavy atom. The van der Waals surface area contributed by atoms with Crippen molar-refractivity contribution in [2.24, 2.45) is 11.8 Å². The van der Waals surface area contributed by atoms with Gasteiger partial charge in [-0.1, -0.05) is 27.7 Å². The van der Waals surface area contributed by atoms with Crippen molar-refractivity contribution in [1.82, 2.24) is 5.32 Å². The highest BCUT2D eigenvalue weighted by Gasteiger charge is 2.22. The highest BCUT2D eigenvalue weighted by atomic mass is 35.5. The van der Waals surface area contributed by atoms with Gasteiger partial charge in [-0.25, -0.2) is 0 Å². The third-order valence-corrected chi connectivity index (χ3v) is 4.50. The zero-order valence-electron chi connectivity index (χ0n) is 18.5. The summed E-state index contributed by atoms with van der Waals surface area (Å²) in [6, 6.07) is 4.54. The van der Waals surface area contributed by atoms with Gasteiger partial charge in [0.15, 0.2) is 17.3 Å². The predicted octanol–water partition coefficient (Wildman–Crippen LogP) is 4.58. The molecule has 164 valence electrons. The fourth-order valence-corrected chi connectivity index (χ4v) is 2.04. The van der Waals surface area contributed by atoms with E-state index in [1.54, 1.807) is 19.9 Å². The van der Waals surface area contributed by atoms with E-state index in [0.717, 1.165) is 0 Å². The molecule has 0 amide bonds. The molecule has 29 heavy (non-hydrogen) atoms. The van der Waals surface area contributed by atoms with Crippen LogP contribution in [0.1, 0.15) is 71.7 Å². The number of ether oxygens (including phenoxy) is 2. The van der Waals surface area contributed by atoms with E-state index in [9.17, 15) is 14.4 Å². The third-order valence-electron chi connectivity index (χ3n) is 4.50. The smallest absolute Gasteiger partial charge is 0.314 e. The lowest BCUT2D eigenvalue weighted by Gasteiger charge is -2.20. The van der Waals surface area contributed by atoms with Crippen LogP contribution in [0.5, 0.6) is 11.5 Å². The number of benzene rings is 1. The molecule has 0 aliphatic rings. The van der Waals surface area contributed by atoms with Crippen LogP contribution in [0.3, 0.4) is 0 Å². The first-order valence-corrected chi connectivity index (χ1v) is 9.84. The highest BCUT2D eigenvalue weighted by Crippen LogP contribution is 2.30. The van der Waals surface area contributed by atoms with E-state index in [4.69, 9.17) is 9.47 Å². The van der Waals surface area contributed by atoms with Gasteiger partial charge in [0.2, 0.25) is 0 Å². The molecule has 0 saturated heterocycles. The second-order valence-electron chi connectivity index (χ2n) is 8.15. The first-order valence-electron chi connectivity index (χ1n) is 9.84. The summed E-state index contributed by atoms with van der Waals surface area (Å²) in [5, 5.41) is 3.13. The molecule has 1 rings (SSSR count). The molecular formula is C22H34ClNO5. The Bertz CT molecular complexity index is 712. The van der Waals surface area contributed by atoms with Gasteiger partial charge in [0.1, 0.15) is 0 Å². The van der Waals surface area contributed by atoms with E-state index in [0.29, 0.717) is 18.4 Å². The maximum Gasteiger partial charge on any atom is 0.314 e. The molecule has 0 radical (unpaired) electrons. The van der Waals surface area contributed by atoms with Crippen molar-refractivity contribution in [2.45, 2.75) is 66.8 Å². The molecule has 1 aromatic carbocycles. The minimum Gasteiger partial charge on any atom is -0.422 e. The van der Waals surface area contributed by atoms with Crippen molar-refractivity contribution in [3.63, 3.8) is 0 Å². The molecule has 0 heterocycles. The molecular weight excluding hydrogens is 394 g/mol. The van der Waals surface area contributed by atoms with Gasteiger partial charge in [-0.3, -0.25) is 14.4 Å². The summed E-state index contributed by atoms with van der Waals surface area (Å²) in [6.45, 7) is 13.4. The molecule has 6 nitrogen and oxygen atoms in total. The van der Waals surface area contributed by atoms with Crippen LogP contribution in [-0.4, -0.2) is 29.8 Å². The molecule has 1 N–H and O–H groups in total. The molecule has 0 bridgehead atoms. The lowest BCUT2D eigenvalue weighted by molar-refractivity contribution is -0.141. The number of ketones is 1. The van der Waals surface area contributed by atoms with Crippen LogP contribution in [0, 0.1) is 11.8 Å². The van der Waals surface area contributed by atoms with Gasteiger partial charge in [-0.15, -0.1) is 12.4 Å². The molecule has 0 spiro atoms. The molecule has 1 aromatic rings. The summed E-state index contributed by atoms with van der Waals surface area (Å²) in [4.78, 5) is 36.9. The number of esters is 2. The van der Waals surface area contributed by atoms with Crippen molar-refractivity contribution >= 4 is 30.1 Å². The number of Topliss-reactive ketones (excluding diaryl/α,β-unsaturated/α-hetero) is 1. The molecule has 0 aliphatic carbocycles. The number of carbonyl (C=O) groups is 3. The Hall–Kier alpha value is -1.92. The fourth-order valence-electron chi connectivity index (χ4n) is 2.04. The zero-order valence-corrected chi connectivity index (χ0v) is 19.3. The van der Waals surface area contributed by atoms with Crippen LogP contribution in [0.15, 0.2) is 18.2 Å². The summed E-state index contributed by atoms with van der Waals surface area (Å²) in [5.41, 5.74) is 0.180. The molecule has 2 unspecified atom stereocenters. The average Bonchev–Trinajstić information content (AvgIpc) is 2.65. The van der Waals surface area contributed by atoms with Crippen LogP contribution < -0.4 is 14.8 Å². The van der Waals surface area contributed by atoms with Crippen molar-refractivity contribution in [2.75, 3.05) is 6.54 Å². The fraction of sp³-hybridized carbons (Fsp3) is 0.591. The minimum absolute atomic E-state index is 0. The number of carbonyl (C=O) groups excluding carboxylic acids is 3. The number of rotatable bonds is 9. The summed E-state index contributed by atoms with van der Waals surface area (Å²) >= 11 is 0. The second kappa shape index (κ2) is 11.9. The lowest BCUT2D eigenvalue weighted by atomic mass is 10.1. The normalized spacial score (nSPS) is 13.1. The van der Waals surface area contributed by atoms with Gasteiger partial charge in [-0.05, 0) is 51.8 Å². The number of hydrogen-bond acceptors (Lipinski definition) is 6. The molecule has 0 aliphatic heterocycles. The first-order chi connectivity index (χ1) is 13.0. The molecule has 2 atom stereocenters. The molecule has 0 saturated carbocycles. The maximum absolute atomic E-state index is 12.5. The van der Waals surface area contributed by atoms with Gasteiger partial charge in [0.25, 0.3) is 0 Å². The standard InChI is InChI=1S/C22H33NO5.ClH/c1-8-14(3)20(25)27-18-11-10-16(17(24)13-23-22(5,6)7)12-19(18)28-21(26)15(4)9-2;/h10-12,14-15,23H,8-9,13H2,1-7H3;1H. The van der Waals surface area contributed by atoms with E-state index in [1.807, 2.05) is 34.6 Å². The van der Waals surface area contributed by atoms with E-state index in [2.05, 4.69) is 5.32 Å². The van der Waals surface area contributed by atoms with Gasteiger partial charge in [0.05, 0.1) is 18.4 Å². The largest absolute Gasteiger partial charge is 0.422 e. The SMILES string of the molecule is CCC(C)C(=O)Oc1ccc(C(=O)CNC(C)(C)C)cc1OC(=O)C(C)CC.Cl. The lowest BCUT2D eigenvalue weighted by Crippen LogP contribution is -2.39. The van der Waals surface area contributed by atoms with Crippen molar-refractivity contribution in [3.8, 4) is 11.5 Å². The zero-order chi connectivity index (χ0) is 21.5. The predicted molar refractivity (Wildman–Crippen MR) is 116 cm³/mol. The summed E-state index contributed by atoms with van der Waals surface area (Å²) in [6.07, 6.45) is 1.25. The van der Waals surface area contributed by atoms with Crippen molar-refractivity contribution < 1.29 is 23.9 Å². The van der Waals surface area contributed by atoms with Crippen LogP contribution in [0.4, 0.5) is 0 Å². The Kier molecular flexibility index (Phi) is 11.1. The van der Waals surface area contributed by atoms with Crippen LogP contribution in [-0.2, 0) is 9.59 Å². The summed E-state index contributed by atoms with van der Waals surface area (Å²) in [7, 11) is 0. The Labute approximate surface area is 180 Å². The summed E-state index contributed by atoms with van der Waals surface area (Å²) < 4.78 is 10.9. The van der Waals surface area contributed by atoms with Gasteiger partial charge >= 0.3 is 11.9 Å². The van der Waals surface area contributed by atoms with Crippen LogP contribution in [0.25, 0.3) is 0 Å². The number of hydrogen-bond donors (Lipinski definition) is 1. The minimum atomic E-state index is -0.430. The molecule has 0 aromatic heterocycles. The molecule has 7 heteroatoms. The van der Waals surface area contributed by atoms with E-state index in [1.165, 1.54) is 12.1 Å². The van der Waals surface area contributed by atoms with Crippen molar-refractivity contribution in [1.29, 1.82) is 0 Å². The van der Waals surface area contributed by atoms with Crippen LogP contribution in [0.2, 0.25) is 0 Å².